The Labute approximate surface area is 139 Å². The van der Waals surface area contributed by atoms with Crippen molar-refractivity contribution in [3.8, 4) is 5.88 Å². The summed E-state index contributed by atoms with van der Waals surface area (Å²) in [6.45, 7) is 3.29. The predicted octanol–water partition coefficient (Wildman–Crippen LogP) is 0.645. The molecule has 2 aromatic heterocycles. The van der Waals surface area contributed by atoms with E-state index in [0.29, 0.717) is 31.0 Å². The number of ether oxygens (including phenoxy) is 1. The van der Waals surface area contributed by atoms with Gasteiger partial charge in [-0.2, -0.15) is 0 Å². The maximum absolute atomic E-state index is 14.2. The fourth-order valence-electron chi connectivity index (χ4n) is 2.79. The van der Waals surface area contributed by atoms with Crippen molar-refractivity contribution in [2.24, 2.45) is 7.05 Å². The lowest BCUT2D eigenvalue weighted by Crippen LogP contribution is -2.48. The lowest BCUT2D eigenvalue weighted by Gasteiger charge is -2.35. The highest BCUT2D eigenvalue weighted by Gasteiger charge is 2.22. The van der Waals surface area contributed by atoms with Gasteiger partial charge in [0.2, 0.25) is 5.88 Å². The van der Waals surface area contributed by atoms with Crippen molar-refractivity contribution in [3.05, 3.63) is 46.4 Å². The number of anilines is 1. The van der Waals surface area contributed by atoms with Crippen LogP contribution >= 0.6 is 0 Å². The Kier molecular flexibility index (Phi) is 4.75. The summed E-state index contributed by atoms with van der Waals surface area (Å²) in [5, 5.41) is 0. The fourth-order valence-corrected chi connectivity index (χ4v) is 2.79. The second-order valence-electron chi connectivity index (χ2n) is 5.72. The van der Waals surface area contributed by atoms with Crippen molar-refractivity contribution in [1.29, 1.82) is 0 Å². The third-order valence-electron chi connectivity index (χ3n) is 4.20. The van der Waals surface area contributed by atoms with Gasteiger partial charge in [-0.1, -0.05) is 0 Å². The van der Waals surface area contributed by atoms with Gasteiger partial charge in [0.1, 0.15) is 0 Å². The van der Waals surface area contributed by atoms with Crippen LogP contribution < -0.4 is 15.2 Å². The molecule has 1 aliphatic heterocycles. The van der Waals surface area contributed by atoms with E-state index in [2.05, 4.69) is 14.9 Å². The molecule has 3 rings (SSSR count). The van der Waals surface area contributed by atoms with Crippen LogP contribution in [0.2, 0.25) is 0 Å². The fraction of sp³-hybridized carbons (Fsp3) is 0.438. The molecule has 0 atom stereocenters. The van der Waals surface area contributed by atoms with Gasteiger partial charge in [0.25, 0.3) is 5.56 Å². The van der Waals surface area contributed by atoms with Crippen LogP contribution in [0.5, 0.6) is 5.88 Å². The Balaban J connectivity index is 1.66. The maximum atomic E-state index is 14.2. The summed E-state index contributed by atoms with van der Waals surface area (Å²) < 4.78 is 20.6. The second kappa shape index (κ2) is 6.96. The van der Waals surface area contributed by atoms with Crippen LogP contribution in [0.15, 0.2) is 29.5 Å². The molecule has 0 aliphatic carbocycles. The lowest BCUT2D eigenvalue weighted by atomic mass is 10.2. The maximum Gasteiger partial charge on any atom is 0.293 e. The van der Waals surface area contributed by atoms with Gasteiger partial charge in [-0.15, -0.1) is 0 Å². The number of methoxy groups -OCH3 is 1. The molecular weight excluding hydrogens is 313 g/mol. The number of nitrogens with zero attached hydrogens (tertiary/aromatic N) is 5. The number of halogens is 1. The average molecular weight is 333 g/mol. The van der Waals surface area contributed by atoms with Crippen LogP contribution in [0.1, 0.15) is 5.56 Å². The van der Waals surface area contributed by atoms with Gasteiger partial charge in [0, 0.05) is 63.9 Å². The van der Waals surface area contributed by atoms with Crippen molar-refractivity contribution in [2.75, 3.05) is 38.2 Å². The minimum Gasteiger partial charge on any atom is -0.479 e. The van der Waals surface area contributed by atoms with Gasteiger partial charge in [-0.25, -0.2) is 14.4 Å². The van der Waals surface area contributed by atoms with E-state index >= 15 is 0 Å². The van der Waals surface area contributed by atoms with Crippen LogP contribution in [0, 0.1) is 5.82 Å². The van der Waals surface area contributed by atoms with Gasteiger partial charge in [-0.05, 0) is 6.07 Å². The Bertz CT molecular complexity index is 771. The molecule has 128 valence electrons. The van der Waals surface area contributed by atoms with Crippen molar-refractivity contribution < 1.29 is 9.13 Å². The van der Waals surface area contributed by atoms with Crippen LogP contribution in [-0.2, 0) is 13.6 Å². The zero-order valence-electron chi connectivity index (χ0n) is 13.8. The first-order valence-corrected chi connectivity index (χ1v) is 7.76. The van der Waals surface area contributed by atoms with Gasteiger partial charge in [-0.3, -0.25) is 9.69 Å². The van der Waals surface area contributed by atoms with Crippen LogP contribution in [-0.4, -0.2) is 52.7 Å². The molecule has 0 radical (unpaired) electrons. The number of hydrogen-bond donors (Lipinski definition) is 0. The van der Waals surface area contributed by atoms with Gasteiger partial charge < -0.3 is 14.2 Å². The minimum atomic E-state index is -0.416. The normalized spacial score (nSPS) is 15.5. The molecule has 0 N–H and O–H groups in total. The Morgan fingerprint density at radius 3 is 2.67 bits per heavy atom. The van der Waals surface area contributed by atoms with Crippen LogP contribution in [0.3, 0.4) is 0 Å². The van der Waals surface area contributed by atoms with Crippen molar-refractivity contribution in [2.45, 2.75) is 6.54 Å². The third kappa shape index (κ3) is 3.23. The van der Waals surface area contributed by atoms with E-state index in [1.807, 2.05) is 4.90 Å². The van der Waals surface area contributed by atoms with Crippen molar-refractivity contribution >= 4 is 5.82 Å². The molecule has 3 heterocycles. The quantitative estimate of drug-likeness (QED) is 0.818. The van der Waals surface area contributed by atoms with E-state index in [-0.39, 0.29) is 11.4 Å². The van der Waals surface area contributed by atoms with E-state index < -0.39 is 5.82 Å². The SMILES string of the molecule is COc1nccc(CN2CCN(c3nccn(C)c3=O)CC2)c1F. The Hall–Kier alpha value is -2.48. The lowest BCUT2D eigenvalue weighted by molar-refractivity contribution is 0.244. The highest BCUT2D eigenvalue weighted by atomic mass is 19.1. The molecule has 0 aromatic carbocycles. The molecule has 0 amide bonds. The first-order valence-electron chi connectivity index (χ1n) is 7.76. The molecule has 2 aromatic rings. The summed E-state index contributed by atoms with van der Waals surface area (Å²) in [6.07, 6.45) is 4.81. The Morgan fingerprint density at radius 1 is 1.21 bits per heavy atom. The van der Waals surface area contributed by atoms with Crippen molar-refractivity contribution in [1.82, 2.24) is 19.4 Å². The number of hydrogen-bond acceptors (Lipinski definition) is 6. The van der Waals surface area contributed by atoms with E-state index in [1.165, 1.54) is 11.7 Å². The minimum absolute atomic E-state index is 0.0168. The highest BCUT2D eigenvalue weighted by Crippen LogP contribution is 2.19. The highest BCUT2D eigenvalue weighted by molar-refractivity contribution is 5.36. The standard InChI is InChI=1S/C16H20FN5O2/c1-20-6-5-18-14(16(20)23)22-9-7-21(8-10-22)11-12-3-4-19-15(24-2)13(12)17/h3-6H,7-11H2,1-2H3. The molecule has 7 nitrogen and oxygen atoms in total. The summed E-state index contributed by atoms with van der Waals surface area (Å²) in [4.78, 5) is 24.3. The largest absolute Gasteiger partial charge is 0.479 e. The zero-order chi connectivity index (χ0) is 17.1. The molecule has 0 unspecified atom stereocenters. The summed E-state index contributed by atoms with van der Waals surface area (Å²) in [5.74, 6) is 0.0700. The Morgan fingerprint density at radius 2 is 1.96 bits per heavy atom. The number of aryl methyl sites for hydroxylation is 1. The van der Waals surface area contributed by atoms with Gasteiger partial charge in [0.15, 0.2) is 11.6 Å². The van der Waals surface area contributed by atoms with E-state index in [0.717, 1.165) is 13.1 Å². The summed E-state index contributed by atoms with van der Waals surface area (Å²) in [7, 11) is 3.12. The van der Waals surface area contributed by atoms with Gasteiger partial charge in [0.05, 0.1) is 7.11 Å². The molecule has 0 spiro atoms. The second-order valence-corrected chi connectivity index (χ2v) is 5.72. The number of aromatic nitrogens is 3. The summed E-state index contributed by atoms with van der Waals surface area (Å²) in [5.41, 5.74) is 0.458. The average Bonchev–Trinajstić information content (AvgIpc) is 2.60. The monoisotopic (exact) mass is 333 g/mol. The smallest absolute Gasteiger partial charge is 0.293 e. The predicted molar refractivity (Wildman–Crippen MR) is 87.7 cm³/mol. The summed E-state index contributed by atoms with van der Waals surface area (Å²) in [6, 6.07) is 1.67. The first kappa shape index (κ1) is 16.4. The van der Waals surface area contributed by atoms with E-state index in [9.17, 15) is 9.18 Å². The molecule has 1 fully saturated rings. The van der Waals surface area contributed by atoms with E-state index in [4.69, 9.17) is 4.74 Å². The first-order chi connectivity index (χ1) is 11.6. The van der Waals surface area contributed by atoms with Crippen LogP contribution in [0.25, 0.3) is 0 Å². The van der Waals surface area contributed by atoms with E-state index in [1.54, 1.807) is 31.7 Å². The molecule has 8 heteroatoms. The third-order valence-corrected chi connectivity index (χ3v) is 4.20. The van der Waals surface area contributed by atoms with Crippen molar-refractivity contribution in [3.63, 3.8) is 0 Å². The van der Waals surface area contributed by atoms with Gasteiger partial charge >= 0.3 is 0 Å². The van der Waals surface area contributed by atoms with Crippen LogP contribution in [0.4, 0.5) is 10.2 Å². The molecule has 1 aliphatic rings. The zero-order valence-corrected chi connectivity index (χ0v) is 13.8. The molecule has 24 heavy (non-hydrogen) atoms. The molecule has 0 bridgehead atoms. The number of pyridine rings is 1. The topological polar surface area (TPSA) is 63.5 Å². The molecule has 0 saturated carbocycles. The number of piperazine rings is 1. The summed E-state index contributed by atoms with van der Waals surface area (Å²) >= 11 is 0. The molecular formula is C16H20FN5O2. The molecule has 1 saturated heterocycles. The number of rotatable bonds is 4.